The molecular formula is C28H39NO2S. The van der Waals surface area contributed by atoms with Gasteiger partial charge in [-0.15, -0.1) is 0 Å². The maximum absolute atomic E-state index is 14.0. The first-order valence-corrected chi connectivity index (χ1v) is 13.5. The maximum atomic E-state index is 14.0. The van der Waals surface area contributed by atoms with Crippen molar-refractivity contribution in [2.45, 2.75) is 83.8 Å². The molecule has 2 aromatic carbocycles. The largest absolute Gasteiger partial charge is 0.372 e. The van der Waals surface area contributed by atoms with E-state index in [1.807, 2.05) is 12.1 Å². The summed E-state index contributed by atoms with van der Waals surface area (Å²) in [6, 6.07) is 21.0. The monoisotopic (exact) mass is 453 g/mol. The molecule has 0 radical (unpaired) electrons. The average molecular weight is 454 g/mol. The van der Waals surface area contributed by atoms with Gasteiger partial charge in [0.15, 0.2) is 0 Å². The predicted octanol–water partition coefficient (Wildman–Crippen LogP) is 6.58. The quantitative estimate of drug-likeness (QED) is 0.441. The van der Waals surface area contributed by atoms with Gasteiger partial charge in [0.05, 0.1) is 28.9 Å². The molecule has 4 rings (SSSR count). The van der Waals surface area contributed by atoms with Gasteiger partial charge < -0.3 is 4.74 Å². The van der Waals surface area contributed by atoms with Gasteiger partial charge in [0.2, 0.25) is 0 Å². The van der Waals surface area contributed by atoms with Gasteiger partial charge in [-0.2, -0.15) is 0 Å². The highest BCUT2D eigenvalue weighted by Crippen LogP contribution is 2.67. The molecule has 2 fully saturated rings. The number of ether oxygens (including phenoxy) is 1. The van der Waals surface area contributed by atoms with Gasteiger partial charge in [-0.25, -0.2) is 8.93 Å². The number of hydrogen-bond donors (Lipinski definition) is 1. The van der Waals surface area contributed by atoms with Gasteiger partial charge in [-0.05, 0) is 41.7 Å². The first-order chi connectivity index (χ1) is 15.4. The highest BCUT2D eigenvalue weighted by molar-refractivity contribution is 7.83. The number of nitrogens with one attached hydrogen (secondary N) is 1. The zero-order valence-electron chi connectivity index (χ0n) is 20.1. The second kappa shape index (κ2) is 9.79. The number of benzene rings is 2. The first kappa shape index (κ1) is 23.7. The Bertz CT molecular complexity index is 900. The molecule has 0 aliphatic heterocycles. The summed E-state index contributed by atoms with van der Waals surface area (Å²) in [6.07, 6.45) is 5.53. The molecule has 32 heavy (non-hydrogen) atoms. The molecule has 0 unspecified atom stereocenters. The van der Waals surface area contributed by atoms with Crippen molar-refractivity contribution >= 4 is 11.0 Å². The molecule has 2 aliphatic carbocycles. The van der Waals surface area contributed by atoms with Crippen LogP contribution in [0, 0.1) is 16.7 Å². The van der Waals surface area contributed by atoms with E-state index in [9.17, 15) is 4.21 Å². The highest BCUT2D eigenvalue weighted by atomic mass is 32.2. The molecule has 2 aromatic rings. The Labute approximate surface area is 196 Å². The lowest BCUT2D eigenvalue weighted by Crippen LogP contribution is -2.46. The molecule has 0 amide bonds. The molecule has 2 aliphatic rings. The van der Waals surface area contributed by atoms with Crippen LogP contribution in [0.1, 0.15) is 77.0 Å². The fraction of sp³-hybridized carbons (Fsp3) is 0.571. The summed E-state index contributed by atoms with van der Waals surface area (Å²) in [5.41, 5.74) is 2.56. The van der Waals surface area contributed by atoms with Crippen LogP contribution >= 0.6 is 0 Å². The van der Waals surface area contributed by atoms with Crippen LogP contribution in [-0.2, 0) is 22.3 Å². The van der Waals surface area contributed by atoms with E-state index in [2.05, 4.69) is 80.9 Å². The number of fused-ring (bicyclic) bond motifs is 2. The maximum Gasteiger partial charge on any atom is 0.0982 e. The van der Waals surface area contributed by atoms with Gasteiger partial charge in [0.25, 0.3) is 0 Å². The third kappa shape index (κ3) is 4.34. The van der Waals surface area contributed by atoms with Gasteiger partial charge >= 0.3 is 0 Å². The second-order valence-electron chi connectivity index (χ2n) is 10.5. The van der Waals surface area contributed by atoms with Crippen LogP contribution < -0.4 is 4.72 Å². The van der Waals surface area contributed by atoms with E-state index in [1.165, 1.54) is 11.1 Å². The van der Waals surface area contributed by atoms with Crippen LogP contribution in [0.2, 0.25) is 0 Å². The molecule has 0 spiro atoms. The van der Waals surface area contributed by atoms with Crippen molar-refractivity contribution in [2.75, 3.05) is 0 Å². The molecule has 6 atom stereocenters. The van der Waals surface area contributed by atoms with Gasteiger partial charge in [0, 0.05) is 11.5 Å². The van der Waals surface area contributed by atoms with Crippen LogP contribution in [0.5, 0.6) is 0 Å². The Hall–Kier alpha value is -1.49. The van der Waals surface area contributed by atoms with Gasteiger partial charge in [-0.3, -0.25) is 0 Å². The second-order valence-corrected chi connectivity index (χ2v) is 11.9. The minimum atomic E-state index is -1.16. The Balaban J connectivity index is 1.56. The van der Waals surface area contributed by atoms with Gasteiger partial charge in [-0.1, -0.05) is 101 Å². The first-order valence-electron chi connectivity index (χ1n) is 12.3. The van der Waals surface area contributed by atoms with Crippen molar-refractivity contribution < 1.29 is 8.95 Å². The zero-order valence-corrected chi connectivity index (χ0v) is 20.9. The molecule has 0 saturated heterocycles. The molecule has 2 saturated carbocycles. The molecule has 0 heterocycles. The average Bonchev–Trinajstić information content (AvgIpc) is 3.13. The lowest BCUT2D eigenvalue weighted by molar-refractivity contribution is -0.0531. The lowest BCUT2D eigenvalue weighted by Gasteiger charge is -2.40. The molecule has 1 N–H and O–H groups in total. The Morgan fingerprint density at radius 2 is 1.72 bits per heavy atom. The van der Waals surface area contributed by atoms with Crippen molar-refractivity contribution in [2.24, 2.45) is 16.7 Å². The summed E-state index contributed by atoms with van der Waals surface area (Å²) in [6.45, 7) is 9.89. The van der Waals surface area contributed by atoms with E-state index in [0.717, 1.165) is 32.1 Å². The van der Waals surface area contributed by atoms with E-state index in [-0.39, 0.29) is 28.2 Å². The number of unbranched alkanes of at least 4 members (excludes halogenated alkanes) is 1. The SMILES string of the molecule is CCCC[C@H](N[S@](=O)[C@@H]1[C@H]2CC[C@@](C)([C@@H]1OCc1ccccc1)C2(C)C)c1ccccc1. The predicted molar refractivity (Wildman–Crippen MR) is 133 cm³/mol. The fourth-order valence-electron chi connectivity index (χ4n) is 6.13. The summed E-state index contributed by atoms with van der Waals surface area (Å²) < 4.78 is 24.2. The van der Waals surface area contributed by atoms with Crippen molar-refractivity contribution in [1.29, 1.82) is 0 Å². The minimum Gasteiger partial charge on any atom is -0.372 e. The molecule has 174 valence electrons. The highest BCUT2D eigenvalue weighted by Gasteiger charge is 2.68. The van der Waals surface area contributed by atoms with Crippen LogP contribution in [0.4, 0.5) is 0 Å². The van der Waals surface area contributed by atoms with Crippen LogP contribution in [0.3, 0.4) is 0 Å². The Kier molecular flexibility index (Phi) is 7.24. The van der Waals surface area contributed by atoms with E-state index >= 15 is 0 Å². The van der Waals surface area contributed by atoms with E-state index in [4.69, 9.17) is 4.74 Å². The molecular weight excluding hydrogens is 414 g/mol. The molecule has 0 aromatic heterocycles. The molecule has 2 bridgehead atoms. The van der Waals surface area contributed by atoms with Crippen LogP contribution in [0.25, 0.3) is 0 Å². The van der Waals surface area contributed by atoms with Crippen molar-refractivity contribution in [3.63, 3.8) is 0 Å². The smallest absolute Gasteiger partial charge is 0.0982 e. The van der Waals surface area contributed by atoms with Crippen molar-refractivity contribution in [1.82, 2.24) is 4.72 Å². The number of rotatable bonds is 10. The van der Waals surface area contributed by atoms with Crippen molar-refractivity contribution in [3.8, 4) is 0 Å². The van der Waals surface area contributed by atoms with E-state index in [0.29, 0.717) is 12.5 Å². The van der Waals surface area contributed by atoms with Crippen LogP contribution in [0.15, 0.2) is 60.7 Å². The standard InChI is InChI=1S/C28H39NO2S/c1-5-6-17-24(22-15-11-8-12-16-22)29-32(30)25-23-18-19-28(4,27(23,2)3)26(25)31-20-21-13-9-7-10-14-21/h7-16,23-26,29H,5-6,17-20H2,1-4H3/t23-,24+,25-,26-,28+,32-/m1/s1. The summed E-state index contributed by atoms with van der Waals surface area (Å²) >= 11 is 0. The fourth-order valence-corrected chi connectivity index (χ4v) is 8.20. The lowest BCUT2D eigenvalue weighted by atomic mass is 9.70. The summed E-state index contributed by atoms with van der Waals surface area (Å²) in [5, 5.41) is 0.0142. The van der Waals surface area contributed by atoms with Crippen molar-refractivity contribution in [3.05, 3.63) is 71.8 Å². The minimum absolute atomic E-state index is 0.00705. The van der Waals surface area contributed by atoms with E-state index in [1.54, 1.807) is 0 Å². The number of hydrogen-bond acceptors (Lipinski definition) is 2. The zero-order chi connectivity index (χ0) is 22.8. The Morgan fingerprint density at radius 3 is 2.38 bits per heavy atom. The molecule has 4 heteroatoms. The third-order valence-electron chi connectivity index (χ3n) is 8.52. The normalized spacial score (nSPS) is 30.3. The van der Waals surface area contributed by atoms with Gasteiger partial charge in [0.1, 0.15) is 0 Å². The Morgan fingerprint density at radius 1 is 1.06 bits per heavy atom. The summed E-state index contributed by atoms with van der Waals surface area (Å²) in [4.78, 5) is 0. The third-order valence-corrected chi connectivity index (χ3v) is 10.1. The molecule has 3 nitrogen and oxygen atoms in total. The summed E-state index contributed by atoms with van der Waals surface area (Å²) in [7, 11) is -1.16. The van der Waals surface area contributed by atoms with E-state index < -0.39 is 11.0 Å². The summed E-state index contributed by atoms with van der Waals surface area (Å²) in [5.74, 6) is 0.407. The van der Waals surface area contributed by atoms with Crippen LogP contribution in [-0.4, -0.2) is 15.6 Å². The topological polar surface area (TPSA) is 38.3 Å².